The molecule has 0 bridgehead atoms. The van der Waals surface area contributed by atoms with Crippen LogP contribution >= 0.6 is 11.8 Å². The zero-order chi connectivity index (χ0) is 22.5. The zero-order valence-electron chi connectivity index (χ0n) is 18.7. The molecule has 2 atom stereocenters. The Morgan fingerprint density at radius 3 is 2.35 bits per heavy atom. The molecule has 1 heterocycles. The Morgan fingerprint density at radius 2 is 1.77 bits per heavy atom. The minimum Gasteiger partial charge on any atom is -0.493 e. The number of nitrogens with zero attached hydrogens (tertiary/aromatic N) is 1. The minimum atomic E-state index is -0.561. The molecule has 31 heavy (non-hydrogen) atoms. The van der Waals surface area contributed by atoms with Gasteiger partial charge < -0.3 is 19.7 Å². The number of thioether (sulfide) groups is 1. The Hall–Kier alpha value is -2.67. The van der Waals surface area contributed by atoms with Gasteiger partial charge in [-0.1, -0.05) is 25.5 Å². The fourth-order valence-corrected chi connectivity index (χ4v) is 4.46. The molecule has 0 aromatic heterocycles. The number of benzene rings is 2. The van der Waals surface area contributed by atoms with E-state index in [9.17, 15) is 9.59 Å². The molecule has 0 unspecified atom stereocenters. The summed E-state index contributed by atoms with van der Waals surface area (Å²) in [6, 6.07) is 11.1. The van der Waals surface area contributed by atoms with Gasteiger partial charge in [0.25, 0.3) is 5.91 Å². The number of fused-ring (bicyclic) bond motifs is 1. The van der Waals surface area contributed by atoms with Crippen molar-refractivity contribution in [3.63, 3.8) is 0 Å². The third-order valence-corrected chi connectivity index (χ3v) is 6.49. The molecular formula is C24H30N2O4S. The Labute approximate surface area is 188 Å². The van der Waals surface area contributed by atoms with Gasteiger partial charge >= 0.3 is 0 Å². The van der Waals surface area contributed by atoms with Crippen LogP contribution in [0.1, 0.15) is 53.2 Å². The van der Waals surface area contributed by atoms with Crippen molar-refractivity contribution in [1.29, 1.82) is 0 Å². The van der Waals surface area contributed by atoms with Crippen LogP contribution in [-0.4, -0.2) is 50.8 Å². The van der Waals surface area contributed by atoms with E-state index in [1.807, 2.05) is 30.5 Å². The summed E-state index contributed by atoms with van der Waals surface area (Å²) in [6.07, 6.45) is 3.91. The maximum atomic E-state index is 13.4. The van der Waals surface area contributed by atoms with E-state index in [2.05, 4.69) is 12.2 Å². The van der Waals surface area contributed by atoms with E-state index in [-0.39, 0.29) is 11.8 Å². The van der Waals surface area contributed by atoms with Crippen molar-refractivity contribution in [2.45, 2.75) is 36.6 Å². The SMILES string of the molecule is CCCCNC(=O)[C@@H]1c2cc(OC)c(OC)cc2C(=O)N(C)[C@H]1c1ccc(SC)cc1. The first-order valence-corrected chi connectivity index (χ1v) is 11.6. The molecule has 2 aromatic carbocycles. The maximum Gasteiger partial charge on any atom is 0.254 e. The van der Waals surface area contributed by atoms with Gasteiger partial charge in [-0.2, -0.15) is 0 Å². The van der Waals surface area contributed by atoms with Crippen LogP contribution < -0.4 is 14.8 Å². The lowest BCUT2D eigenvalue weighted by atomic mass is 9.79. The van der Waals surface area contributed by atoms with Gasteiger partial charge in [0, 0.05) is 24.1 Å². The van der Waals surface area contributed by atoms with Crippen molar-refractivity contribution in [3.05, 3.63) is 53.1 Å². The highest BCUT2D eigenvalue weighted by atomic mass is 32.2. The highest BCUT2D eigenvalue weighted by molar-refractivity contribution is 7.98. The number of hydrogen-bond acceptors (Lipinski definition) is 5. The number of methoxy groups -OCH3 is 2. The van der Waals surface area contributed by atoms with E-state index in [1.165, 1.54) is 7.11 Å². The number of rotatable bonds is 8. The minimum absolute atomic E-state index is 0.0970. The molecule has 2 amide bonds. The molecule has 6 nitrogen and oxygen atoms in total. The normalized spacial score (nSPS) is 17.8. The molecule has 0 saturated heterocycles. The van der Waals surface area contributed by atoms with Gasteiger partial charge in [0.05, 0.1) is 26.2 Å². The molecule has 0 saturated carbocycles. The van der Waals surface area contributed by atoms with E-state index in [0.717, 1.165) is 23.3 Å². The van der Waals surface area contributed by atoms with Crippen molar-refractivity contribution in [2.75, 3.05) is 34.1 Å². The summed E-state index contributed by atoms with van der Waals surface area (Å²) >= 11 is 1.65. The average molecular weight is 443 g/mol. The number of hydrogen-bond donors (Lipinski definition) is 1. The van der Waals surface area contributed by atoms with Crippen LogP contribution in [0, 0.1) is 0 Å². The van der Waals surface area contributed by atoms with Gasteiger partial charge in [0.1, 0.15) is 0 Å². The monoisotopic (exact) mass is 442 g/mol. The molecule has 2 aromatic rings. The largest absolute Gasteiger partial charge is 0.493 e. The van der Waals surface area contributed by atoms with Crippen LogP contribution in [0.5, 0.6) is 11.5 Å². The molecule has 1 N–H and O–H groups in total. The van der Waals surface area contributed by atoms with E-state index in [0.29, 0.717) is 29.2 Å². The Bertz CT molecular complexity index is 945. The molecule has 0 aliphatic carbocycles. The lowest BCUT2D eigenvalue weighted by Crippen LogP contribution is -2.45. The number of ether oxygens (including phenoxy) is 2. The fraction of sp³-hybridized carbons (Fsp3) is 0.417. The Morgan fingerprint density at radius 1 is 1.13 bits per heavy atom. The van der Waals surface area contributed by atoms with Crippen molar-refractivity contribution in [3.8, 4) is 11.5 Å². The van der Waals surface area contributed by atoms with Crippen LogP contribution in [-0.2, 0) is 4.79 Å². The van der Waals surface area contributed by atoms with Crippen LogP contribution in [0.15, 0.2) is 41.3 Å². The highest BCUT2D eigenvalue weighted by Gasteiger charge is 2.43. The molecule has 166 valence electrons. The summed E-state index contributed by atoms with van der Waals surface area (Å²) in [4.78, 5) is 29.5. The molecule has 0 spiro atoms. The first-order chi connectivity index (χ1) is 15.0. The predicted molar refractivity (Wildman–Crippen MR) is 123 cm³/mol. The average Bonchev–Trinajstić information content (AvgIpc) is 2.80. The topological polar surface area (TPSA) is 67.9 Å². The lowest BCUT2D eigenvalue weighted by molar-refractivity contribution is -0.124. The van der Waals surface area contributed by atoms with Crippen molar-refractivity contribution in [1.82, 2.24) is 10.2 Å². The number of amides is 2. The van der Waals surface area contributed by atoms with Gasteiger partial charge in [0.2, 0.25) is 5.91 Å². The third kappa shape index (κ3) is 4.51. The van der Waals surface area contributed by atoms with Gasteiger partial charge in [-0.05, 0) is 48.1 Å². The maximum absolute atomic E-state index is 13.4. The summed E-state index contributed by atoms with van der Waals surface area (Å²) in [7, 11) is 4.84. The number of unbranched alkanes of at least 4 members (excludes halogenated alkanes) is 1. The molecule has 0 fully saturated rings. The van der Waals surface area contributed by atoms with Gasteiger partial charge in [-0.25, -0.2) is 0 Å². The van der Waals surface area contributed by atoms with Gasteiger partial charge in [0.15, 0.2) is 11.5 Å². The quantitative estimate of drug-likeness (QED) is 0.489. The van der Waals surface area contributed by atoms with Gasteiger partial charge in [-0.3, -0.25) is 9.59 Å². The molecule has 1 aliphatic rings. The predicted octanol–water partition coefficient (Wildman–Crippen LogP) is 4.25. The van der Waals surface area contributed by atoms with Crippen molar-refractivity contribution < 1.29 is 19.1 Å². The first-order valence-electron chi connectivity index (χ1n) is 10.4. The molecular weight excluding hydrogens is 412 g/mol. The molecule has 3 rings (SSSR count). The lowest BCUT2D eigenvalue weighted by Gasteiger charge is -2.40. The summed E-state index contributed by atoms with van der Waals surface area (Å²) in [6.45, 7) is 2.69. The van der Waals surface area contributed by atoms with Crippen LogP contribution in [0.2, 0.25) is 0 Å². The Kier molecular flexibility index (Phi) is 7.49. The van der Waals surface area contributed by atoms with E-state index >= 15 is 0 Å². The summed E-state index contributed by atoms with van der Waals surface area (Å²) in [5.41, 5.74) is 2.05. The second-order valence-corrected chi connectivity index (χ2v) is 8.43. The summed E-state index contributed by atoms with van der Waals surface area (Å²) in [5.74, 6) is 0.166. The standard InChI is InChI=1S/C24H30N2O4S/c1-6-7-12-25-23(27)21-17-13-19(29-3)20(30-4)14-18(17)24(28)26(2)22(21)15-8-10-16(31-5)11-9-15/h8-11,13-14,21-22H,6-7,12H2,1-5H3,(H,25,27)/t21-,22+/m1/s1. The second-order valence-electron chi connectivity index (χ2n) is 7.55. The van der Waals surface area contributed by atoms with Crippen molar-refractivity contribution >= 4 is 23.6 Å². The van der Waals surface area contributed by atoms with Crippen LogP contribution in [0.25, 0.3) is 0 Å². The summed E-state index contributed by atoms with van der Waals surface area (Å²) < 4.78 is 10.9. The number of carbonyl (C=O) groups excluding carboxylic acids is 2. The zero-order valence-corrected chi connectivity index (χ0v) is 19.5. The molecule has 7 heteroatoms. The number of nitrogens with one attached hydrogen (secondary N) is 1. The smallest absolute Gasteiger partial charge is 0.254 e. The van der Waals surface area contributed by atoms with Gasteiger partial charge in [-0.15, -0.1) is 11.8 Å². The van der Waals surface area contributed by atoms with Crippen molar-refractivity contribution in [2.24, 2.45) is 0 Å². The Balaban J connectivity index is 2.15. The molecule has 0 radical (unpaired) electrons. The first kappa shape index (κ1) is 23.0. The van der Waals surface area contributed by atoms with Crippen LogP contribution in [0.3, 0.4) is 0 Å². The fourth-order valence-electron chi connectivity index (χ4n) is 4.05. The number of carbonyl (C=O) groups is 2. The second kappa shape index (κ2) is 10.1. The van der Waals surface area contributed by atoms with Crippen LogP contribution in [0.4, 0.5) is 0 Å². The van der Waals surface area contributed by atoms with E-state index in [1.54, 1.807) is 43.0 Å². The van der Waals surface area contributed by atoms with E-state index in [4.69, 9.17) is 9.47 Å². The highest BCUT2D eigenvalue weighted by Crippen LogP contribution is 2.45. The third-order valence-electron chi connectivity index (χ3n) is 5.74. The van der Waals surface area contributed by atoms with E-state index < -0.39 is 12.0 Å². The summed E-state index contributed by atoms with van der Waals surface area (Å²) in [5, 5.41) is 3.06. The number of likely N-dealkylation sites (N-methyl/N-ethyl adjacent to an activating group) is 1. The molecule has 1 aliphatic heterocycles.